The first-order valence-corrected chi connectivity index (χ1v) is 7.91. The van der Waals surface area contributed by atoms with Crippen molar-refractivity contribution in [2.24, 2.45) is 0 Å². The monoisotopic (exact) mass is 364 g/mol. The minimum atomic E-state index is -0.128. The summed E-state index contributed by atoms with van der Waals surface area (Å²) in [5.41, 5.74) is 2.84. The van der Waals surface area contributed by atoms with Gasteiger partial charge in [0.1, 0.15) is 0 Å². The van der Waals surface area contributed by atoms with Crippen LogP contribution >= 0.6 is 27.5 Å². The van der Waals surface area contributed by atoms with E-state index in [0.717, 1.165) is 34.4 Å². The lowest BCUT2D eigenvalue weighted by Gasteiger charge is -2.25. The molecule has 1 heterocycles. The average molecular weight is 366 g/mol. The number of amides is 1. The van der Waals surface area contributed by atoms with Gasteiger partial charge in [0.15, 0.2) is 0 Å². The van der Waals surface area contributed by atoms with Crippen molar-refractivity contribution >= 4 is 44.8 Å². The summed E-state index contributed by atoms with van der Waals surface area (Å²) in [6.45, 7) is 0.805. The third-order valence-electron chi connectivity index (χ3n) is 3.59. The molecule has 0 saturated heterocycles. The van der Waals surface area contributed by atoms with Crippen molar-refractivity contribution in [3.8, 4) is 0 Å². The van der Waals surface area contributed by atoms with E-state index in [-0.39, 0.29) is 11.8 Å². The van der Waals surface area contributed by atoms with Gasteiger partial charge in [0.2, 0.25) is 5.91 Å². The van der Waals surface area contributed by atoms with E-state index >= 15 is 0 Å². The molecule has 3 nitrogen and oxygen atoms in total. The Kier molecular flexibility index (Phi) is 4.17. The number of rotatable bonds is 2. The molecule has 1 unspecified atom stereocenters. The third kappa shape index (κ3) is 3.06. The number of nitrogens with one attached hydrogen (secondary N) is 2. The van der Waals surface area contributed by atoms with Gasteiger partial charge in [-0.1, -0.05) is 29.8 Å². The number of benzene rings is 2. The molecule has 0 aromatic heterocycles. The van der Waals surface area contributed by atoms with Crippen LogP contribution in [-0.2, 0) is 4.79 Å². The summed E-state index contributed by atoms with van der Waals surface area (Å²) in [6, 6.07) is 13.3. The summed E-state index contributed by atoms with van der Waals surface area (Å²) in [5, 5.41) is 6.91. The molecule has 2 aromatic carbocycles. The summed E-state index contributed by atoms with van der Waals surface area (Å²) in [5.74, 6) is -0.116. The first-order valence-electron chi connectivity index (χ1n) is 6.74. The largest absolute Gasteiger partial charge is 0.385 e. The number of fused-ring (bicyclic) bond motifs is 1. The molecule has 2 N–H and O–H groups in total. The van der Waals surface area contributed by atoms with Gasteiger partial charge in [0.25, 0.3) is 0 Å². The third-order valence-corrected chi connectivity index (χ3v) is 4.80. The summed E-state index contributed by atoms with van der Waals surface area (Å²) < 4.78 is 0.771. The van der Waals surface area contributed by atoms with Gasteiger partial charge in [0, 0.05) is 22.4 Å². The molecular weight excluding hydrogens is 352 g/mol. The van der Waals surface area contributed by atoms with E-state index < -0.39 is 0 Å². The zero-order chi connectivity index (χ0) is 14.8. The van der Waals surface area contributed by atoms with Gasteiger partial charge in [-0.3, -0.25) is 4.79 Å². The van der Waals surface area contributed by atoms with Crippen LogP contribution in [0, 0.1) is 0 Å². The second-order valence-electron chi connectivity index (χ2n) is 4.97. The maximum absolute atomic E-state index is 12.5. The molecule has 1 atom stereocenters. The SMILES string of the molecule is O=C(Nc1ccc(Cl)c(Br)c1)C1CCNc2ccccc21. The molecule has 0 spiro atoms. The molecule has 5 heteroatoms. The lowest BCUT2D eigenvalue weighted by atomic mass is 9.90. The zero-order valence-electron chi connectivity index (χ0n) is 11.2. The molecule has 3 rings (SSSR count). The second kappa shape index (κ2) is 6.08. The molecule has 21 heavy (non-hydrogen) atoms. The summed E-state index contributed by atoms with van der Waals surface area (Å²) in [6.07, 6.45) is 0.789. The van der Waals surface area contributed by atoms with Gasteiger partial charge in [-0.15, -0.1) is 0 Å². The molecule has 0 aliphatic carbocycles. The quantitative estimate of drug-likeness (QED) is 0.814. The molecule has 0 saturated carbocycles. The van der Waals surface area contributed by atoms with Gasteiger partial charge in [-0.05, 0) is 52.2 Å². The zero-order valence-corrected chi connectivity index (χ0v) is 13.5. The van der Waals surface area contributed by atoms with Crippen LogP contribution in [0.15, 0.2) is 46.9 Å². The van der Waals surface area contributed by atoms with Crippen molar-refractivity contribution in [2.75, 3.05) is 17.2 Å². The van der Waals surface area contributed by atoms with E-state index in [1.54, 1.807) is 12.1 Å². The van der Waals surface area contributed by atoms with Gasteiger partial charge < -0.3 is 10.6 Å². The highest BCUT2D eigenvalue weighted by atomic mass is 79.9. The summed E-state index contributed by atoms with van der Waals surface area (Å²) >= 11 is 9.33. The number of hydrogen-bond acceptors (Lipinski definition) is 2. The van der Waals surface area contributed by atoms with Crippen LogP contribution in [0.3, 0.4) is 0 Å². The lowest BCUT2D eigenvalue weighted by molar-refractivity contribution is -0.117. The maximum Gasteiger partial charge on any atom is 0.232 e. The Morgan fingerprint density at radius 2 is 2.10 bits per heavy atom. The van der Waals surface area contributed by atoms with E-state index in [0.29, 0.717) is 5.02 Å². The first-order chi connectivity index (χ1) is 10.1. The Morgan fingerprint density at radius 3 is 2.90 bits per heavy atom. The molecule has 2 aromatic rings. The van der Waals surface area contributed by atoms with Crippen molar-refractivity contribution in [2.45, 2.75) is 12.3 Å². The number of hydrogen-bond donors (Lipinski definition) is 2. The van der Waals surface area contributed by atoms with E-state index in [9.17, 15) is 4.79 Å². The number of para-hydroxylation sites is 1. The number of anilines is 2. The van der Waals surface area contributed by atoms with Gasteiger partial charge in [-0.2, -0.15) is 0 Å². The minimum absolute atomic E-state index is 0.0122. The Bertz CT molecular complexity index is 690. The van der Waals surface area contributed by atoms with Crippen LogP contribution in [0.2, 0.25) is 5.02 Å². The van der Waals surface area contributed by atoms with Crippen molar-refractivity contribution in [1.29, 1.82) is 0 Å². The molecule has 0 radical (unpaired) electrons. The highest BCUT2D eigenvalue weighted by molar-refractivity contribution is 9.10. The lowest BCUT2D eigenvalue weighted by Crippen LogP contribution is -2.27. The fraction of sp³-hybridized carbons (Fsp3) is 0.188. The minimum Gasteiger partial charge on any atom is -0.385 e. The first kappa shape index (κ1) is 14.4. The fourth-order valence-electron chi connectivity index (χ4n) is 2.54. The van der Waals surface area contributed by atoms with Crippen LogP contribution in [-0.4, -0.2) is 12.5 Å². The molecule has 1 amide bonds. The summed E-state index contributed by atoms with van der Waals surface area (Å²) in [4.78, 5) is 12.5. The van der Waals surface area contributed by atoms with E-state index in [1.807, 2.05) is 30.3 Å². The van der Waals surface area contributed by atoms with Crippen molar-refractivity contribution < 1.29 is 4.79 Å². The van der Waals surface area contributed by atoms with Gasteiger partial charge in [0.05, 0.1) is 10.9 Å². The molecule has 0 fully saturated rings. The highest BCUT2D eigenvalue weighted by Crippen LogP contribution is 2.33. The Balaban J connectivity index is 1.81. The van der Waals surface area contributed by atoms with E-state index in [2.05, 4.69) is 26.6 Å². The van der Waals surface area contributed by atoms with E-state index in [4.69, 9.17) is 11.6 Å². The highest BCUT2D eigenvalue weighted by Gasteiger charge is 2.26. The van der Waals surface area contributed by atoms with Crippen LogP contribution in [0.25, 0.3) is 0 Å². The predicted molar refractivity (Wildman–Crippen MR) is 90.1 cm³/mol. The maximum atomic E-state index is 12.5. The van der Waals surface area contributed by atoms with Gasteiger partial charge in [-0.25, -0.2) is 0 Å². The molecule has 1 aliphatic heterocycles. The Morgan fingerprint density at radius 1 is 1.29 bits per heavy atom. The van der Waals surface area contributed by atoms with E-state index in [1.165, 1.54) is 0 Å². The van der Waals surface area contributed by atoms with Gasteiger partial charge >= 0.3 is 0 Å². The molecule has 0 bridgehead atoms. The number of carbonyl (C=O) groups excluding carboxylic acids is 1. The fourth-order valence-corrected chi connectivity index (χ4v) is 3.04. The van der Waals surface area contributed by atoms with Crippen LogP contribution in [0.1, 0.15) is 17.9 Å². The van der Waals surface area contributed by atoms with Crippen molar-refractivity contribution in [3.63, 3.8) is 0 Å². The topological polar surface area (TPSA) is 41.1 Å². The number of carbonyl (C=O) groups is 1. The average Bonchev–Trinajstić information content (AvgIpc) is 2.50. The predicted octanol–water partition coefficient (Wildman–Crippen LogP) is 4.64. The molecule has 108 valence electrons. The number of halogens is 2. The summed E-state index contributed by atoms with van der Waals surface area (Å²) in [7, 11) is 0. The van der Waals surface area contributed by atoms with Crippen LogP contribution < -0.4 is 10.6 Å². The Hall–Kier alpha value is -1.52. The molecule has 1 aliphatic rings. The smallest absolute Gasteiger partial charge is 0.232 e. The van der Waals surface area contributed by atoms with Crippen LogP contribution in [0.5, 0.6) is 0 Å². The standard InChI is InChI=1S/C16H14BrClN2O/c17-13-9-10(5-6-14(13)18)20-16(21)12-7-8-19-15-4-2-1-3-11(12)15/h1-6,9,12,19H,7-8H2,(H,20,21). The second-order valence-corrected chi connectivity index (χ2v) is 6.23. The van der Waals surface area contributed by atoms with Crippen LogP contribution in [0.4, 0.5) is 11.4 Å². The van der Waals surface area contributed by atoms with Crippen molar-refractivity contribution in [3.05, 3.63) is 57.5 Å². The van der Waals surface area contributed by atoms with Crippen molar-refractivity contribution in [1.82, 2.24) is 0 Å². The normalized spacial score (nSPS) is 16.8. The molecular formula is C16H14BrClN2O. The Labute approximate surface area is 136 Å².